The Kier molecular flexibility index (Phi) is 4.97. The fourth-order valence-corrected chi connectivity index (χ4v) is 2.87. The Bertz CT molecular complexity index is 678. The van der Waals surface area contributed by atoms with E-state index in [9.17, 15) is 4.79 Å². The third-order valence-electron chi connectivity index (χ3n) is 4.07. The first kappa shape index (κ1) is 15.6. The maximum absolute atomic E-state index is 12.2. The maximum atomic E-state index is 12.2. The molecule has 122 valence electrons. The van der Waals surface area contributed by atoms with Gasteiger partial charge in [-0.15, -0.1) is 0 Å². The fraction of sp³-hybridized carbons (Fsp3) is 0.500. The molecule has 0 radical (unpaired) electrons. The summed E-state index contributed by atoms with van der Waals surface area (Å²) in [5, 5.41) is 2.93. The molecular formula is C16H21N5O2. The van der Waals surface area contributed by atoms with Crippen LogP contribution in [0, 0.1) is 5.92 Å². The van der Waals surface area contributed by atoms with Gasteiger partial charge in [0.1, 0.15) is 5.52 Å². The van der Waals surface area contributed by atoms with E-state index in [1.165, 1.54) is 0 Å². The molecule has 3 rings (SSSR count). The molecular weight excluding hydrogens is 294 g/mol. The van der Waals surface area contributed by atoms with Crippen LogP contribution in [0.2, 0.25) is 0 Å². The molecule has 1 amide bonds. The van der Waals surface area contributed by atoms with Gasteiger partial charge < -0.3 is 15.0 Å². The van der Waals surface area contributed by atoms with Crippen LogP contribution in [0.25, 0.3) is 11.2 Å². The van der Waals surface area contributed by atoms with Crippen LogP contribution < -0.4 is 10.2 Å². The molecule has 0 aromatic carbocycles. The Labute approximate surface area is 135 Å². The van der Waals surface area contributed by atoms with Gasteiger partial charge in [0.25, 0.3) is 0 Å². The number of piperidine rings is 1. The van der Waals surface area contributed by atoms with Crippen LogP contribution in [0.3, 0.4) is 0 Å². The van der Waals surface area contributed by atoms with Crippen LogP contribution in [0.4, 0.5) is 5.69 Å². The highest BCUT2D eigenvalue weighted by molar-refractivity contribution is 5.80. The minimum Gasteiger partial charge on any atom is -0.383 e. The van der Waals surface area contributed by atoms with E-state index in [4.69, 9.17) is 4.74 Å². The number of aromatic nitrogens is 3. The van der Waals surface area contributed by atoms with Gasteiger partial charge in [-0.05, 0) is 18.9 Å². The van der Waals surface area contributed by atoms with E-state index in [0.29, 0.717) is 25.3 Å². The highest BCUT2D eigenvalue weighted by Crippen LogP contribution is 2.24. The lowest BCUT2D eigenvalue weighted by molar-refractivity contribution is -0.125. The Morgan fingerprint density at radius 3 is 3.13 bits per heavy atom. The number of hydrogen-bond donors (Lipinski definition) is 1. The smallest absolute Gasteiger partial charge is 0.224 e. The fourth-order valence-electron chi connectivity index (χ4n) is 2.87. The van der Waals surface area contributed by atoms with Gasteiger partial charge >= 0.3 is 0 Å². The number of hydrogen-bond acceptors (Lipinski definition) is 6. The molecule has 0 bridgehead atoms. The standard InChI is InChI=1S/C16H21N5O2/c1-23-8-6-19-16(22)12-3-2-7-21(11-12)13-9-14-15(20-10-13)18-5-4-17-14/h4-5,9-10,12H,2-3,6-8,11H2,1H3,(H,19,22). The zero-order chi connectivity index (χ0) is 16.1. The number of carbonyl (C=O) groups excluding carboxylic acids is 1. The van der Waals surface area contributed by atoms with E-state index < -0.39 is 0 Å². The number of ether oxygens (including phenoxy) is 1. The summed E-state index contributed by atoms with van der Waals surface area (Å²) in [7, 11) is 1.63. The number of rotatable bonds is 5. The summed E-state index contributed by atoms with van der Waals surface area (Å²) < 4.78 is 4.96. The van der Waals surface area contributed by atoms with E-state index in [2.05, 4.69) is 25.2 Å². The molecule has 1 fully saturated rings. The Balaban J connectivity index is 1.68. The molecule has 2 aromatic heterocycles. The van der Waals surface area contributed by atoms with Crippen molar-refractivity contribution in [1.29, 1.82) is 0 Å². The van der Waals surface area contributed by atoms with Crippen molar-refractivity contribution in [3.05, 3.63) is 24.7 Å². The minimum absolute atomic E-state index is 0.00170. The predicted molar refractivity (Wildman–Crippen MR) is 87.2 cm³/mol. The van der Waals surface area contributed by atoms with Gasteiger partial charge in [0.05, 0.1) is 24.4 Å². The maximum Gasteiger partial charge on any atom is 0.224 e. The number of pyridine rings is 1. The van der Waals surface area contributed by atoms with E-state index in [-0.39, 0.29) is 11.8 Å². The molecule has 7 heteroatoms. The molecule has 1 saturated heterocycles. The van der Waals surface area contributed by atoms with E-state index in [1.807, 2.05) is 12.3 Å². The quantitative estimate of drug-likeness (QED) is 0.829. The first-order chi connectivity index (χ1) is 11.3. The Hall–Kier alpha value is -2.28. The average Bonchev–Trinajstić information content (AvgIpc) is 2.61. The molecule has 1 N–H and O–H groups in total. The van der Waals surface area contributed by atoms with Crippen molar-refractivity contribution < 1.29 is 9.53 Å². The second kappa shape index (κ2) is 7.32. The van der Waals surface area contributed by atoms with Crippen LogP contribution in [-0.4, -0.2) is 54.2 Å². The van der Waals surface area contributed by atoms with Crippen LogP contribution in [-0.2, 0) is 9.53 Å². The zero-order valence-electron chi connectivity index (χ0n) is 13.2. The number of anilines is 1. The van der Waals surface area contributed by atoms with E-state index >= 15 is 0 Å². The molecule has 1 atom stereocenters. The number of nitrogens with zero attached hydrogens (tertiary/aromatic N) is 4. The van der Waals surface area contributed by atoms with Gasteiger partial charge in [0, 0.05) is 39.1 Å². The molecule has 0 aliphatic carbocycles. The van der Waals surface area contributed by atoms with Crippen LogP contribution >= 0.6 is 0 Å². The Morgan fingerprint density at radius 1 is 1.39 bits per heavy atom. The second-order valence-electron chi connectivity index (χ2n) is 5.66. The summed E-state index contributed by atoms with van der Waals surface area (Å²) >= 11 is 0. The van der Waals surface area contributed by atoms with Gasteiger partial charge in [-0.25, -0.2) is 9.97 Å². The van der Waals surface area contributed by atoms with E-state index in [0.717, 1.165) is 30.6 Å². The third kappa shape index (κ3) is 3.73. The summed E-state index contributed by atoms with van der Waals surface area (Å²) in [5.74, 6) is 0.0958. The zero-order valence-corrected chi connectivity index (χ0v) is 13.2. The predicted octanol–water partition coefficient (Wildman–Crippen LogP) is 1.00. The lowest BCUT2D eigenvalue weighted by Gasteiger charge is -2.33. The van der Waals surface area contributed by atoms with Gasteiger partial charge in [0.15, 0.2) is 5.65 Å². The molecule has 23 heavy (non-hydrogen) atoms. The minimum atomic E-state index is -0.00170. The monoisotopic (exact) mass is 315 g/mol. The summed E-state index contributed by atoms with van der Waals surface area (Å²) in [6.45, 7) is 2.72. The molecule has 1 aliphatic rings. The summed E-state index contributed by atoms with van der Waals surface area (Å²) in [6, 6.07) is 1.99. The summed E-state index contributed by atoms with van der Waals surface area (Å²) in [6.07, 6.45) is 7.01. The molecule has 1 aliphatic heterocycles. The average molecular weight is 315 g/mol. The number of nitrogens with one attached hydrogen (secondary N) is 1. The SMILES string of the molecule is COCCNC(=O)C1CCCN(c2cnc3nccnc3c2)C1. The lowest BCUT2D eigenvalue weighted by atomic mass is 9.97. The van der Waals surface area contributed by atoms with Crippen molar-refractivity contribution in [3.63, 3.8) is 0 Å². The number of methoxy groups -OCH3 is 1. The number of amides is 1. The van der Waals surface area contributed by atoms with Gasteiger partial charge in [-0.3, -0.25) is 9.78 Å². The van der Waals surface area contributed by atoms with Gasteiger partial charge in [0.2, 0.25) is 5.91 Å². The molecule has 3 heterocycles. The first-order valence-corrected chi connectivity index (χ1v) is 7.86. The largest absolute Gasteiger partial charge is 0.383 e. The van der Waals surface area contributed by atoms with Crippen LogP contribution in [0.1, 0.15) is 12.8 Å². The molecule has 2 aromatic rings. The highest BCUT2D eigenvalue weighted by atomic mass is 16.5. The van der Waals surface area contributed by atoms with Crippen molar-refractivity contribution in [2.24, 2.45) is 5.92 Å². The molecule has 0 saturated carbocycles. The van der Waals surface area contributed by atoms with Crippen molar-refractivity contribution >= 4 is 22.8 Å². The van der Waals surface area contributed by atoms with Crippen LogP contribution in [0.15, 0.2) is 24.7 Å². The second-order valence-corrected chi connectivity index (χ2v) is 5.66. The van der Waals surface area contributed by atoms with Crippen molar-refractivity contribution in [2.45, 2.75) is 12.8 Å². The van der Waals surface area contributed by atoms with Crippen molar-refractivity contribution in [1.82, 2.24) is 20.3 Å². The third-order valence-corrected chi connectivity index (χ3v) is 4.07. The lowest BCUT2D eigenvalue weighted by Crippen LogP contribution is -2.43. The van der Waals surface area contributed by atoms with Crippen molar-refractivity contribution in [2.75, 3.05) is 38.3 Å². The van der Waals surface area contributed by atoms with E-state index in [1.54, 1.807) is 19.5 Å². The first-order valence-electron chi connectivity index (χ1n) is 7.86. The topological polar surface area (TPSA) is 80.2 Å². The van der Waals surface area contributed by atoms with Gasteiger partial charge in [-0.2, -0.15) is 0 Å². The number of carbonyl (C=O) groups is 1. The highest BCUT2D eigenvalue weighted by Gasteiger charge is 2.26. The molecule has 0 spiro atoms. The van der Waals surface area contributed by atoms with Gasteiger partial charge in [-0.1, -0.05) is 0 Å². The molecule has 7 nitrogen and oxygen atoms in total. The Morgan fingerprint density at radius 2 is 2.26 bits per heavy atom. The van der Waals surface area contributed by atoms with Crippen molar-refractivity contribution in [3.8, 4) is 0 Å². The normalized spacial score (nSPS) is 18.1. The number of fused-ring (bicyclic) bond motifs is 1. The summed E-state index contributed by atoms with van der Waals surface area (Å²) in [5.41, 5.74) is 2.41. The molecule has 1 unspecified atom stereocenters. The summed E-state index contributed by atoms with van der Waals surface area (Å²) in [4.78, 5) is 27.3. The van der Waals surface area contributed by atoms with Crippen LogP contribution in [0.5, 0.6) is 0 Å².